The number of aryl methyl sites for hydroxylation is 1. The van der Waals surface area contributed by atoms with Crippen LogP contribution in [-0.2, 0) is 0 Å². The third kappa shape index (κ3) is 2.05. The van der Waals surface area contributed by atoms with Crippen molar-refractivity contribution in [3.63, 3.8) is 0 Å². The van der Waals surface area contributed by atoms with E-state index in [1.54, 1.807) is 25.1 Å². The van der Waals surface area contributed by atoms with Crippen LogP contribution in [0, 0.1) is 29.6 Å². The summed E-state index contributed by atoms with van der Waals surface area (Å²) in [5, 5.41) is 27.9. The van der Waals surface area contributed by atoms with Crippen molar-refractivity contribution in [3.8, 4) is 29.0 Å². The maximum Gasteiger partial charge on any atom is 0.266 e. The lowest BCUT2D eigenvalue weighted by atomic mass is 9.98. The number of nitrogens with one attached hydrogen (secondary N) is 1. The van der Waals surface area contributed by atoms with E-state index in [1.807, 2.05) is 12.1 Å². The molecule has 0 saturated heterocycles. The number of hydrogen-bond acceptors (Lipinski definition) is 4. The molecule has 1 heterocycles. The average Bonchev–Trinajstić information content (AvgIpc) is 2.38. The summed E-state index contributed by atoms with van der Waals surface area (Å²) in [6.07, 6.45) is 0. The first-order chi connectivity index (χ1) is 9.08. The number of aromatic nitrogens is 1. The molecule has 0 radical (unpaired) electrons. The highest BCUT2D eigenvalue weighted by Gasteiger charge is 2.15. The van der Waals surface area contributed by atoms with Gasteiger partial charge in [0, 0.05) is 16.8 Å². The van der Waals surface area contributed by atoms with Gasteiger partial charge in [0.2, 0.25) is 0 Å². The molecule has 2 aromatic rings. The van der Waals surface area contributed by atoms with Gasteiger partial charge in [-0.15, -0.1) is 0 Å². The SMILES string of the molecule is Cc1cc(-c2cccc(C#N)c2O)c(C#N)c(=O)[nH]1. The van der Waals surface area contributed by atoms with Crippen LogP contribution in [0.15, 0.2) is 29.1 Å². The molecule has 0 amide bonds. The van der Waals surface area contributed by atoms with Crippen molar-refractivity contribution in [3.05, 3.63) is 51.4 Å². The number of phenols is 1. The quantitative estimate of drug-likeness (QED) is 0.806. The van der Waals surface area contributed by atoms with Crippen LogP contribution in [0.25, 0.3) is 11.1 Å². The van der Waals surface area contributed by atoms with Crippen molar-refractivity contribution < 1.29 is 5.11 Å². The van der Waals surface area contributed by atoms with E-state index in [4.69, 9.17) is 10.5 Å². The van der Waals surface area contributed by atoms with Gasteiger partial charge in [-0.05, 0) is 19.1 Å². The molecule has 19 heavy (non-hydrogen) atoms. The summed E-state index contributed by atoms with van der Waals surface area (Å²) in [5.41, 5.74) is 0.679. The summed E-state index contributed by atoms with van der Waals surface area (Å²) in [4.78, 5) is 14.2. The van der Waals surface area contributed by atoms with E-state index in [0.29, 0.717) is 16.8 Å². The standard InChI is InChI=1S/C14H9N3O2/c1-8-5-11(12(7-16)14(19)17-8)10-4-2-3-9(6-15)13(10)18/h2-5,18H,1H3,(H,17,19). The lowest BCUT2D eigenvalue weighted by molar-refractivity contribution is 0.475. The minimum absolute atomic E-state index is 0.0870. The minimum Gasteiger partial charge on any atom is -0.506 e. The Bertz CT molecular complexity index is 792. The van der Waals surface area contributed by atoms with Gasteiger partial charge in [-0.3, -0.25) is 4.79 Å². The second-order valence-electron chi connectivity index (χ2n) is 4.00. The molecular weight excluding hydrogens is 242 g/mol. The molecule has 0 atom stereocenters. The number of aromatic amines is 1. The molecule has 2 rings (SSSR count). The summed E-state index contributed by atoms with van der Waals surface area (Å²) < 4.78 is 0. The third-order valence-corrected chi connectivity index (χ3v) is 2.73. The fraction of sp³-hybridized carbons (Fsp3) is 0.0714. The van der Waals surface area contributed by atoms with Gasteiger partial charge in [0.1, 0.15) is 23.5 Å². The van der Waals surface area contributed by atoms with Crippen LogP contribution in [0.5, 0.6) is 5.75 Å². The number of phenolic OH excluding ortho intramolecular Hbond substituents is 1. The highest BCUT2D eigenvalue weighted by atomic mass is 16.3. The topological polar surface area (TPSA) is 101 Å². The van der Waals surface area contributed by atoms with E-state index >= 15 is 0 Å². The maximum atomic E-state index is 11.7. The lowest BCUT2D eigenvalue weighted by Gasteiger charge is -2.08. The smallest absolute Gasteiger partial charge is 0.266 e. The molecule has 0 aliphatic carbocycles. The monoisotopic (exact) mass is 251 g/mol. The van der Waals surface area contributed by atoms with Gasteiger partial charge in [-0.1, -0.05) is 12.1 Å². The van der Waals surface area contributed by atoms with Crippen molar-refractivity contribution in [1.82, 2.24) is 4.98 Å². The maximum absolute atomic E-state index is 11.7. The fourth-order valence-electron chi connectivity index (χ4n) is 1.86. The summed E-state index contributed by atoms with van der Waals surface area (Å²) in [7, 11) is 0. The number of nitrogens with zero attached hydrogens (tertiary/aromatic N) is 2. The zero-order valence-electron chi connectivity index (χ0n) is 10.1. The Morgan fingerprint density at radius 3 is 2.58 bits per heavy atom. The van der Waals surface area contributed by atoms with Crippen LogP contribution < -0.4 is 5.56 Å². The highest BCUT2D eigenvalue weighted by molar-refractivity contribution is 5.77. The Kier molecular flexibility index (Phi) is 3.05. The Labute approximate surface area is 109 Å². The van der Waals surface area contributed by atoms with Crippen molar-refractivity contribution in [1.29, 1.82) is 10.5 Å². The van der Waals surface area contributed by atoms with Gasteiger partial charge in [-0.2, -0.15) is 10.5 Å². The zero-order chi connectivity index (χ0) is 14.0. The highest BCUT2D eigenvalue weighted by Crippen LogP contribution is 2.32. The van der Waals surface area contributed by atoms with E-state index in [-0.39, 0.29) is 16.9 Å². The number of rotatable bonds is 1. The van der Waals surface area contributed by atoms with Gasteiger partial charge in [-0.25, -0.2) is 0 Å². The van der Waals surface area contributed by atoms with Crippen molar-refractivity contribution >= 4 is 0 Å². The van der Waals surface area contributed by atoms with Gasteiger partial charge >= 0.3 is 0 Å². The fourth-order valence-corrected chi connectivity index (χ4v) is 1.86. The molecule has 1 aromatic carbocycles. The molecule has 0 fully saturated rings. The summed E-state index contributed by atoms with van der Waals surface area (Å²) in [5.74, 6) is -0.230. The van der Waals surface area contributed by atoms with Crippen LogP contribution in [0.1, 0.15) is 16.8 Å². The molecule has 92 valence electrons. The number of para-hydroxylation sites is 1. The number of nitriles is 2. The number of H-pyrrole nitrogens is 1. The number of benzene rings is 1. The average molecular weight is 251 g/mol. The van der Waals surface area contributed by atoms with Gasteiger partial charge in [0.05, 0.1) is 5.56 Å². The van der Waals surface area contributed by atoms with Gasteiger partial charge in [0.25, 0.3) is 5.56 Å². The van der Waals surface area contributed by atoms with Crippen molar-refractivity contribution in [2.24, 2.45) is 0 Å². The Morgan fingerprint density at radius 2 is 1.95 bits per heavy atom. The number of pyridine rings is 1. The first-order valence-corrected chi connectivity index (χ1v) is 5.45. The van der Waals surface area contributed by atoms with E-state index in [0.717, 1.165) is 0 Å². The van der Waals surface area contributed by atoms with Crippen LogP contribution in [-0.4, -0.2) is 10.1 Å². The molecule has 5 nitrogen and oxygen atoms in total. The van der Waals surface area contributed by atoms with Gasteiger partial charge < -0.3 is 10.1 Å². The molecular formula is C14H9N3O2. The molecule has 0 unspecified atom stereocenters. The molecule has 0 aliphatic rings. The number of hydrogen-bond donors (Lipinski definition) is 2. The molecule has 0 spiro atoms. The molecule has 1 aromatic heterocycles. The third-order valence-electron chi connectivity index (χ3n) is 2.73. The number of aromatic hydroxyl groups is 1. The van der Waals surface area contributed by atoms with E-state index in [1.165, 1.54) is 6.07 Å². The van der Waals surface area contributed by atoms with Gasteiger partial charge in [0.15, 0.2) is 0 Å². The Morgan fingerprint density at radius 1 is 1.21 bits per heavy atom. The summed E-state index contributed by atoms with van der Waals surface area (Å²) in [6.45, 7) is 1.68. The van der Waals surface area contributed by atoms with Crippen molar-refractivity contribution in [2.75, 3.05) is 0 Å². The van der Waals surface area contributed by atoms with Crippen LogP contribution in [0.2, 0.25) is 0 Å². The molecule has 5 heteroatoms. The molecule has 0 saturated carbocycles. The van der Waals surface area contributed by atoms with Crippen LogP contribution in [0.3, 0.4) is 0 Å². The molecule has 0 bridgehead atoms. The predicted octanol–water partition coefficient (Wildman–Crippen LogP) is 1.80. The van der Waals surface area contributed by atoms with Crippen molar-refractivity contribution in [2.45, 2.75) is 6.92 Å². The van der Waals surface area contributed by atoms with Crippen LogP contribution >= 0.6 is 0 Å². The first-order valence-electron chi connectivity index (χ1n) is 5.45. The Balaban J connectivity index is 2.85. The van der Waals surface area contributed by atoms with E-state index < -0.39 is 5.56 Å². The zero-order valence-corrected chi connectivity index (χ0v) is 10.1. The second kappa shape index (κ2) is 4.67. The van der Waals surface area contributed by atoms with E-state index in [2.05, 4.69) is 4.98 Å². The summed E-state index contributed by atoms with van der Waals surface area (Å²) in [6, 6.07) is 9.88. The summed E-state index contributed by atoms with van der Waals surface area (Å²) >= 11 is 0. The predicted molar refractivity (Wildman–Crippen MR) is 68.3 cm³/mol. The normalized spacial score (nSPS) is 9.63. The molecule has 0 aliphatic heterocycles. The largest absolute Gasteiger partial charge is 0.506 e. The second-order valence-corrected chi connectivity index (χ2v) is 4.00. The first kappa shape index (κ1) is 12.4. The minimum atomic E-state index is -0.515. The lowest BCUT2D eigenvalue weighted by Crippen LogP contribution is -2.12. The van der Waals surface area contributed by atoms with E-state index in [9.17, 15) is 9.90 Å². The Hall–Kier alpha value is -3.05. The van der Waals surface area contributed by atoms with Crippen LogP contribution in [0.4, 0.5) is 0 Å². The molecule has 2 N–H and O–H groups in total.